The van der Waals surface area contributed by atoms with Gasteiger partial charge in [-0.25, -0.2) is 9.97 Å². The van der Waals surface area contributed by atoms with E-state index in [4.69, 9.17) is 9.51 Å². The Morgan fingerprint density at radius 2 is 1.79 bits per heavy atom. The molecule has 4 aromatic heterocycles. The molecule has 0 saturated heterocycles. The van der Waals surface area contributed by atoms with Gasteiger partial charge in [-0.3, -0.25) is 9.78 Å². The molecule has 1 N–H and O–H groups in total. The second-order valence-corrected chi connectivity index (χ2v) is 7.93. The first kappa shape index (κ1) is 21.5. The summed E-state index contributed by atoms with van der Waals surface area (Å²) in [6.07, 6.45) is 8.62. The largest absolute Gasteiger partial charge is 0.354 e. The van der Waals surface area contributed by atoms with Crippen LogP contribution in [0.2, 0.25) is 0 Å². The van der Waals surface area contributed by atoms with Crippen LogP contribution < -0.4 is 10.9 Å². The molecule has 5 aromatic rings. The lowest BCUT2D eigenvalue weighted by molar-refractivity contribution is 0.433. The van der Waals surface area contributed by atoms with Crippen molar-refractivity contribution in [2.45, 2.75) is 13.1 Å². The van der Waals surface area contributed by atoms with E-state index >= 15 is 0 Å². The van der Waals surface area contributed by atoms with Crippen LogP contribution in [0, 0.1) is 0 Å². The van der Waals surface area contributed by atoms with Crippen molar-refractivity contribution in [3.05, 3.63) is 95.2 Å². The molecule has 0 aliphatic rings. The van der Waals surface area contributed by atoms with Crippen molar-refractivity contribution < 1.29 is 4.52 Å². The van der Waals surface area contributed by atoms with Gasteiger partial charge in [-0.2, -0.15) is 0 Å². The zero-order valence-electron chi connectivity index (χ0n) is 18.8. The van der Waals surface area contributed by atoms with Crippen LogP contribution >= 0.6 is 0 Å². The van der Waals surface area contributed by atoms with E-state index in [9.17, 15) is 4.79 Å². The molecule has 0 unspecified atom stereocenters. The lowest BCUT2D eigenvalue weighted by Gasteiger charge is -2.08. The normalized spacial score (nSPS) is 11.1. The minimum Gasteiger partial charge on any atom is -0.354 e. The summed E-state index contributed by atoms with van der Waals surface area (Å²) in [6.45, 7) is 1.17. The third-order valence-electron chi connectivity index (χ3n) is 5.54. The molecule has 0 fully saturated rings. The first-order valence-electron chi connectivity index (χ1n) is 10.8. The molecule has 0 radical (unpaired) electrons. The van der Waals surface area contributed by atoms with Crippen molar-refractivity contribution in [2.75, 3.05) is 7.05 Å². The quantitative estimate of drug-likeness (QED) is 0.404. The molecule has 9 heteroatoms. The van der Waals surface area contributed by atoms with Gasteiger partial charge in [0, 0.05) is 55.4 Å². The van der Waals surface area contributed by atoms with Crippen molar-refractivity contribution in [2.24, 2.45) is 7.05 Å². The van der Waals surface area contributed by atoms with E-state index in [1.807, 2.05) is 43.1 Å². The molecular weight excluding hydrogens is 430 g/mol. The summed E-state index contributed by atoms with van der Waals surface area (Å²) in [6, 6.07) is 13.3. The highest BCUT2D eigenvalue weighted by Gasteiger charge is 2.13. The molecule has 0 aliphatic carbocycles. The van der Waals surface area contributed by atoms with Gasteiger partial charge >= 0.3 is 0 Å². The maximum atomic E-state index is 12.4. The number of hydrogen-bond acceptors (Lipinski definition) is 7. The van der Waals surface area contributed by atoms with E-state index in [0.717, 1.165) is 29.2 Å². The van der Waals surface area contributed by atoms with Gasteiger partial charge in [0.05, 0.1) is 24.6 Å². The Labute approximate surface area is 195 Å². The zero-order chi connectivity index (χ0) is 23.5. The Morgan fingerprint density at radius 3 is 2.56 bits per heavy atom. The molecule has 0 atom stereocenters. The van der Waals surface area contributed by atoms with Crippen LogP contribution in [-0.4, -0.2) is 36.3 Å². The number of aromatic nitrogens is 6. The van der Waals surface area contributed by atoms with Gasteiger partial charge in [-0.1, -0.05) is 29.4 Å². The van der Waals surface area contributed by atoms with Crippen LogP contribution in [0.15, 0.2) is 82.8 Å². The molecule has 9 nitrogen and oxygen atoms in total. The Balaban J connectivity index is 1.42. The van der Waals surface area contributed by atoms with E-state index in [-0.39, 0.29) is 5.56 Å². The summed E-state index contributed by atoms with van der Waals surface area (Å²) in [4.78, 5) is 25.7. The van der Waals surface area contributed by atoms with Crippen molar-refractivity contribution in [3.8, 4) is 34.0 Å². The maximum Gasteiger partial charge on any atom is 0.250 e. The smallest absolute Gasteiger partial charge is 0.250 e. The highest BCUT2D eigenvalue weighted by atomic mass is 16.5. The lowest BCUT2D eigenvalue weighted by Crippen LogP contribution is -2.20. The van der Waals surface area contributed by atoms with Gasteiger partial charge in [-0.15, -0.1) is 0 Å². The molecular formula is C25H23N7O2. The first-order chi connectivity index (χ1) is 16.6. The van der Waals surface area contributed by atoms with Crippen molar-refractivity contribution in [1.29, 1.82) is 0 Å². The average molecular weight is 454 g/mol. The number of benzene rings is 1. The summed E-state index contributed by atoms with van der Waals surface area (Å²) in [7, 11) is 3.82. The van der Waals surface area contributed by atoms with Crippen LogP contribution in [0.3, 0.4) is 0 Å². The van der Waals surface area contributed by atoms with Gasteiger partial charge in [0.25, 0.3) is 5.56 Å². The van der Waals surface area contributed by atoms with Crippen molar-refractivity contribution in [1.82, 2.24) is 34.6 Å². The van der Waals surface area contributed by atoms with Crippen LogP contribution in [-0.2, 0) is 20.1 Å². The molecule has 0 aliphatic heterocycles. The molecule has 0 amide bonds. The zero-order valence-corrected chi connectivity index (χ0v) is 18.8. The number of rotatable bonds is 7. The van der Waals surface area contributed by atoms with E-state index in [2.05, 4.69) is 32.6 Å². The molecule has 5 rings (SSSR count). The second-order valence-electron chi connectivity index (χ2n) is 7.93. The fraction of sp³-hybridized carbons (Fsp3) is 0.160. The highest BCUT2D eigenvalue weighted by Crippen LogP contribution is 2.26. The number of nitrogens with one attached hydrogen (secondary N) is 1. The molecule has 170 valence electrons. The van der Waals surface area contributed by atoms with Gasteiger partial charge in [0.2, 0.25) is 0 Å². The predicted octanol–water partition coefficient (Wildman–Crippen LogP) is 3.13. The third-order valence-corrected chi connectivity index (χ3v) is 5.54. The fourth-order valence-electron chi connectivity index (χ4n) is 3.66. The Hall–Kier alpha value is -4.37. The molecule has 4 heterocycles. The first-order valence-corrected chi connectivity index (χ1v) is 10.8. The summed E-state index contributed by atoms with van der Waals surface area (Å²) in [5, 5.41) is 7.34. The lowest BCUT2D eigenvalue weighted by atomic mass is 10.1. The van der Waals surface area contributed by atoms with Gasteiger partial charge < -0.3 is 19.0 Å². The topological polar surface area (TPSA) is 104 Å². The standard InChI is InChI=1S/C25H23N7O2/c1-26-12-17-3-5-18(6-4-17)20-11-23(34-30-20)22-14-27-13-21(29-22)19-7-8-25(33)32(15-19)16-24-28-9-10-31(24)2/h3-11,13-15,26H,12,16H2,1-2H3. The number of aryl methyl sites for hydroxylation is 1. The number of imidazole rings is 1. The van der Waals surface area contributed by atoms with Gasteiger partial charge in [-0.05, 0) is 18.7 Å². The van der Waals surface area contributed by atoms with E-state index < -0.39 is 0 Å². The van der Waals surface area contributed by atoms with Gasteiger partial charge in [0.15, 0.2) is 5.76 Å². The minimum absolute atomic E-state index is 0.114. The Kier molecular flexibility index (Phi) is 5.84. The van der Waals surface area contributed by atoms with Crippen molar-refractivity contribution in [3.63, 3.8) is 0 Å². The summed E-state index contributed by atoms with van der Waals surface area (Å²) < 4.78 is 9.06. The van der Waals surface area contributed by atoms with Crippen LogP contribution in [0.4, 0.5) is 0 Å². The van der Waals surface area contributed by atoms with Crippen LogP contribution in [0.25, 0.3) is 34.0 Å². The fourth-order valence-corrected chi connectivity index (χ4v) is 3.66. The Morgan fingerprint density at radius 1 is 1.00 bits per heavy atom. The molecule has 1 aromatic carbocycles. The second kappa shape index (κ2) is 9.24. The molecule has 34 heavy (non-hydrogen) atoms. The average Bonchev–Trinajstić information content (AvgIpc) is 3.51. The third kappa shape index (κ3) is 4.41. The van der Waals surface area contributed by atoms with Crippen LogP contribution in [0.1, 0.15) is 11.4 Å². The maximum absolute atomic E-state index is 12.4. The summed E-state index contributed by atoms with van der Waals surface area (Å²) >= 11 is 0. The Bertz CT molecular complexity index is 1480. The van der Waals surface area contributed by atoms with Gasteiger partial charge in [0.1, 0.15) is 17.2 Å². The number of nitrogens with zero attached hydrogens (tertiary/aromatic N) is 6. The monoisotopic (exact) mass is 453 g/mol. The minimum atomic E-state index is -0.114. The SMILES string of the molecule is CNCc1ccc(-c2cc(-c3cncc(-c4ccc(=O)n(Cc5nccn5C)c4)n3)on2)cc1. The molecule has 0 saturated carbocycles. The highest BCUT2D eigenvalue weighted by molar-refractivity contribution is 5.66. The summed E-state index contributed by atoms with van der Waals surface area (Å²) in [5.41, 5.74) is 4.71. The predicted molar refractivity (Wildman–Crippen MR) is 128 cm³/mol. The molecule has 0 spiro atoms. The van der Waals surface area contributed by atoms with Crippen molar-refractivity contribution >= 4 is 0 Å². The van der Waals surface area contributed by atoms with E-state index in [1.54, 1.807) is 35.4 Å². The molecule has 0 bridgehead atoms. The summed E-state index contributed by atoms with van der Waals surface area (Å²) in [5.74, 6) is 1.30. The number of hydrogen-bond donors (Lipinski definition) is 1. The van der Waals surface area contributed by atoms with E-state index in [1.165, 1.54) is 11.6 Å². The van der Waals surface area contributed by atoms with E-state index in [0.29, 0.717) is 23.7 Å². The number of pyridine rings is 1. The van der Waals surface area contributed by atoms with Crippen LogP contribution in [0.5, 0.6) is 0 Å².